The maximum atomic E-state index is 9.23. The van der Waals surface area contributed by atoms with E-state index in [-0.39, 0.29) is 30.2 Å². The second-order valence-corrected chi connectivity index (χ2v) is 5.79. The molecule has 3 heteroatoms. The summed E-state index contributed by atoms with van der Waals surface area (Å²) in [7, 11) is 0. The summed E-state index contributed by atoms with van der Waals surface area (Å²) >= 11 is 0. The summed E-state index contributed by atoms with van der Waals surface area (Å²) in [6, 6.07) is 8.57. The van der Waals surface area contributed by atoms with Crippen molar-refractivity contribution in [2.45, 2.75) is 45.4 Å². The van der Waals surface area contributed by atoms with Crippen LogP contribution in [-0.4, -0.2) is 23.4 Å². The van der Waals surface area contributed by atoms with Crippen molar-refractivity contribution in [1.29, 1.82) is 0 Å². The van der Waals surface area contributed by atoms with Gasteiger partial charge in [-0.25, -0.2) is 0 Å². The topological polar surface area (TPSA) is 41.5 Å². The van der Waals surface area contributed by atoms with Crippen LogP contribution in [0, 0.1) is 5.92 Å². The molecule has 1 aliphatic rings. The Morgan fingerprint density at radius 2 is 2.00 bits per heavy atom. The Morgan fingerprint density at radius 1 is 1.33 bits per heavy atom. The van der Waals surface area contributed by atoms with Crippen molar-refractivity contribution >= 4 is 0 Å². The summed E-state index contributed by atoms with van der Waals surface area (Å²) in [6.07, 6.45) is 0. The number of hydrogen-bond acceptors (Lipinski definition) is 3. The lowest BCUT2D eigenvalue weighted by Crippen LogP contribution is -2.45. The number of rotatable bonds is 4. The van der Waals surface area contributed by atoms with E-state index in [2.05, 4.69) is 32.2 Å². The molecule has 0 fully saturated rings. The number of hydrogen-bond donors (Lipinski definition) is 2. The standard InChI is InChI=1S/C15H23NO2/c1-10(9-17)11(2)16-14-12-7-5-6-8-13(12)18-15(14,3)4/h5-8,10-11,14,16-17H,9H2,1-4H3. The third-order valence-corrected chi connectivity index (χ3v) is 3.87. The normalized spacial score (nSPS) is 24.2. The highest BCUT2D eigenvalue weighted by Crippen LogP contribution is 2.43. The fourth-order valence-corrected chi connectivity index (χ4v) is 2.40. The van der Waals surface area contributed by atoms with Gasteiger partial charge in [0.05, 0.1) is 6.04 Å². The molecule has 18 heavy (non-hydrogen) atoms. The van der Waals surface area contributed by atoms with Crippen LogP contribution in [0.2, 0.25) is 0 Å². The summed E-state index contributed by atoms with van der Waals surface area (Å²) in [5, 5.41) is 12.8. The first-order chi connectivity index (χ1) is 8.45. The van der Waals surface area contributed by atoms with Crippen molar-refractivity contribution in [3.63, 3.8) is 0 Å². The number of para-hydroxylation sites is 1. The molecule has 0 saturated heterocycles. The quantitative estimate of drug-likeness (QED) is 0.861. The van der Waals surface area contributed by atoms with Crippen LogP contribution >= 0.6 is 0 Å². The van der Waals surface area contributed by atoms with Crippen LogP contribution in [0.15, 0.2) is 24.3 Å². The number of aliphatic hydroxyl groups is 1. The van der Waals surface area contributed by atoms with Crippen LogP contribution in [0.25, 0.3) is 0 Å². The summed E-state index contributed by atoms with van der Waals surface area (Å²) in [4.78, 5) is 0. The Morgan fingerprint density at radius 3 is 2.67 bits per heavy atom. The monoisotopic (exact) mass is 249 g/mol. The predicted molar refractivity (Wildman–Crippen MR) is 72.7 cm³/mol. The maximum absolute atomic E-state index is 9.23. The third-order valence-electron chi connectivity index (χ3n) is 3.87. The molecule has 1 aromatic carbocycles. The minimum absolute atomic E-state index is 0.165. The average Bonchev–Trinajstić information content (AvgIpc) is 2.59. The lowest BCUT2D eigenvalue weighted by Gasteiger charge is -2.31. The Labute approximate surface area is 109 Å². The van der Waals surface area contributed by atoms with Gasteiger partial charge >= 0.3 is 0 Å². The van der Waals surface area contributed by atoms with Gasteiger partial charge in [0.15, 0.2) is 0 Å². The van der Waals surface area contributed by atoms with Crippen LogP contribution in [0.3, 0.4) is 0 Å². The lowest BCUT2D eigenvalue weighted by atomic mass is 9.92. The first-order valence-electron chi connectivity index (χ1n) is 6.60. The fourth-order valence-electron chi connectivity index (χ4n) is 2.40. The van der Waals surface area contributed by atoms with Gasteiger partial charge in [-0.05, 0) is 32.8 Å². The predicted octanol–water partition coefficient (Wildman–Crippen LogP) is 2.51. The average molecular weight is 249 g/mol. The first-order valence-corrected chi connectivity index (χ1v) is 6.60. The Hall–Kier alpha value is -1.06. The van der Waals surface area contributed by atoms with E-state index in [1.165, 1.54) is 5.56 Å². The highest BCUT2D eigenvalue weighted by Gasteiger charge is 2.41. The van der Waals surface area contributed by atoms with E-state index < -0.39 is 0 Å². The molecule has 0 radical (unpaired) electrons. The number of benzene rings is 1. The summed E-state index contributed by atoms with van der Waals surface area (Å²) in [6.45, 7) is 8.55. The minimum Gasteiger partial charge on any atom is -0.486 e. The lowest BCUT2D eigenvalue weighted by molar-refractivity contribution is 0.0840. The fraction of sp³-hybridized carbons (Fsp3) is 0.600. The molecule has 0 aliphatic carbocycles. The third kappa shape index (κ3) is 2.38. The van der Waals surface area contributed by atoms with Crippen LogP contribution in [0.5, 0.6) is 5.75 Å². The molecule has 0 spiro atoms. The van der Waals surface area contributed by atoms with E-state index >= 15 is 0 Å². The van der Waals surface area contributed by atoms with Gasteiger partial charge in [0.25, 0.3) is 0 Å². The van der Waals surface area contributed by atoms with Gasteiger partial charge in [-0.2, -0.15) is 0 Å². The zero-order valence-electron chi connectivity index (χ0n) is 11.6. The Balaban J connectivity index is 2.21. The molecule has 1 aliphatic heterocycles. The van der Waals surface area contributed by atoms with Crippen molar-refractivity contribution in [3.8, 4) is 5.75 Å². The highest BCUT2D eigenvalue weighted by atomic mass is 16.5. The van der Waals surface area contributed by atoms with Gasteiger partial charge < -0.3 is 15.2 Å². The molecule has 2 N–H and O–H groups in total. The zero-order valence-corrected chi connectivity index (χ0v) is 11.6. The summed E-state index contributed by atoms with van der Waals surface area (Å²) < 4.78 is 6.00. The first kappa shape index (κ1) is 13.4. The van der Waals surface area contributed by atoms with Gasteiger partial charge in [0.1, 0.15) is 11.4 Å². The van der Waals surface area contributed by atoms with Crippen molar-refractivity contribution in [2.75, 3.05) is 6.61 Å². The smallest absolute Gasteiger partial charge is 0.125 e. The van der Waals surface area contributed by atoms with E-state index in [0.717, 1.165) is 5.75 Å². The van der Waals surface area contributed by atoms with E-state index in [1.54, 1.807) is 0 Å². The van der Waals surface area contributed by atoms with Crippen LogP contribution in [0.4, 0.5) is 0 Å². The molecule has 3 atom stereocenters. The largest absolute Gasteiger partial charge is 0.486 e. The molecule has 100 valence electrons. The SMILES string of the molecule is CC(CO)C(C)NC1c2ccccc2OC1(C)C. The maximum Gasteiger partial charge on any atom is 0.125 e. The number of nitrogens with one attached hydrogen (secondary N) is 1. The second kappa shape index (κ2) is 4.90. The van der Waals surface area contributed by atoms with E-state index in [0.29, 0.717) is 0 Å². The Bertz CT molecular complexity index is 417. The zero-order chi connectivity index (χ0) is 13.3. The number of aliphatic hydroxyl groups excluding tert-OH is 1. The van der Waals surface area contributed by atoms with Crippen molar-refractivity contribution in [3.05, 3.63) is 29.8 Å². The second-order valence-electron chi connectivity index (χ2n) is 5.79. The molecule has 0 bridgehead atoms. The van der Waals surface area contributed by atoms with E-state index in [9.17, 15) is 5.11 Å². The summed E-state index contributed by atoms with van der Waals surface area (Å²) in [5.74, 6) is 1.19. The number of fused-ring (bicyclic) bond motifs is 1. The minimum atomic E-state index is -0.257. The van der Waals surface area contributed by atoms with Gasteiger partial charge in [-0.3, -0.25) is 0 Å². The molecule has 3 nitrogen and oxygen atoms in total. The molecule has 2 rings (SSSR count). The van der Waals surface area contributed by atoms with Gasteiger partial charge in [-0.1, -0.05) is 25.1 Å². The highest BCUT2D eigenvalue weighted by molar-refractivity contribution is 5.42. The van der Waals surface area contributed by atoms with Crippen LogP contribution in [0.1, 0.15) is 39.3 Å². The van der Waals surface area contributed by atoms with Gasteiger partial charge in [-0.15, -0.1) is 0 Å². The van der Waals surface area contributed by atoms with Crippen molar-refractivity contribution in [1.82, 2.24) is 5.32 Å². The molecule has 0 amide bonds. The summed E-state index contributed by atoms with van der Waals surface area (Å²) in [5.41, 5.74) is 0.951. The Kier molecular flexibility index (Phi) is 3.64. The van der Waals surface area contributed by atoms with Gasteiger partial charge in [0, 0.05) is 18.2 Å². The van der Waals surface area contributed by atoms with Crippen LogP contribution < -0.4 is 10.1 Å². The van der Waals surface area contributed by atoms with Gasteiger partial charge in [0.2, 0.25) is 0 Å². The molecular formula is C15H23NO2. The molecule has 0 saturated carbocycles. The van der Waals surface area contributed by atoms with E-state index in [4.69, 9.17) is 4.74 Å². The molecule has 3 unspecified atom stereocenters. The molecule has 1 aromatic rings. The van der Waals surface area contributed by atoms with Crippen molar-refractivity contribution in [2.24, 2.45) is 5.92 Å². The van der Waals surface area contributed by atoms with Crippen LogP contribution in [-0.2, 0) is 0 Å². The number of ether oxygens (including phenoxy) is 1. The molecule has 0 aromatic heterocycles. The van der Waals surface area contributed by atoms with E-state index in [1.807, 2.05) is 25.1 Å². The van der Waals surface area contributed by atoms with Crippen molar-refractivity contribution < 1.29 is 9.84 Å². The molecular weight excluding hydrogens is 226 g/mol. The molecule has 1 heterocycles.